The minimum absolute atomic E-state index is 0.0339. The van der Waals surface area contributed by atoms with Crippen LogP contribution in [0, 0.1) is 5.41 Å². The Morgan fingerprint density at radius 3 is 2.12 bits per heavy atom. The molecule has 0 N–H and O–H groups in total. The summed E-state index contributed by atoms with van der Waals surface area (Å²) in [5.41, 5.74) is 1.37. The van der Waals surface area contributed by atoms with Crippen molar-refractivity contribution in [2.45, 2.75) is 20.0 Å². The highest BCUT2D eigenvalue weighted by atomic mass is 31.2. The molecule has 5 heteroatoms. The fourth-order valence-electron chi connectivity index (χ4n) is 2.32. The summed E-state index contributed by atoms with van der Waals surface area (Å²) in [7, 11) is -1.54. The van der Waals surface area contributed by atoms with Crippen molar-refractivity contribution >= 4 is 14.4 Å². The van der Waals surface area contributed by atoms with Crippen LogP contribution >= 0.6 is 8.60 Å². The van der Waals surface area contributed by atoms with Crippen molar-refractivity contribution in [1.29, 1.82) is 0 Å². The lowest BCUT2D eigenvalue weighted by Gasteiger charge is -2.34. The van der Waals surface area contributed by atoms with Crippen LogP contribution in [0.5, 0.6) is 0 Å². The van der Waals surface area contributed by atoms with Gasteiger partial charge in [0.05, 0.1) is 13.2 Å². The normalized spacial score (nSPS) is 18.9. The Hall–Kier alpha value is -1.58. The summed E-state index contributed by atoms with van der Waals surface area (Å²) in [6.07, 6.45) is -0.735. The van der Waals surface area contributed by atoms with Crippen LogP contribution in [0.15, 0.2) is 60.7 Å². The molecule has 1 atom stereocenters. The molecule has 0 amide bonds. The van der Waals surface area contributed by atoms with Gasteiger partial charge in [-0.2, -0.15) is 0 Å². The van der Waals surface area contributed by atoms with E-state index < -0.39 is 14.7 Å². The van der Waals surface area contributed by atoms with E-state index in [9.17, 15) is 4.79 Å². The van der Waals surface area contributed by atoms with Gasteiger partial charge < -0.3 is 9.05 Å². The fraction of sp³-hybridized carbons (Fsp3) is 0.316. The molecule has 0 saturated carbocycles. The van der Waals surface area contributed by atoms with E-state index in [2.05, 4.69) is 13.8 Å². The zero-order chi connectivity index (χ0) is 17.0. The van der Waals surface area contributed by atoms with Crippen LogP contribution in [0.1, 0.15) is 35.9 Å². The highest BCUT2D eigenvalue weighted by molar-refractivity contribution is 7.41. The van der Waals surface area contributed by atoms with E-state index >= 15 is 0 Å². The van der Waals surface area contributed by atoms with Crippen LogP contribution in [0.25, 0.3) is 0 Å². The number of ketones is 1. The molecule has 2 aromatic carbocycles. The third-order valence-corrected chi connectivity index (χ3v) is 4.77. The van der Waals surface area contributed by atoms with Gasteiger partial charge in [0.15, 0.2) is 11.9 Å². The van der Waals surface area contributed by atoms with Crippen LogP contribution in [-0.4, -0.2) is 19.0 Å². The van der Waals surface area contributed by atoms with E-state index in [1.807, 2.05) is 48.5 Å². The molecule has 1 heterocycles. The molecule has 4 nitrogen and oxygen atoms in total. The van der Waals surface area contributed by atoms with E-state index in [4.69, 9.17) is 13.6 Å². The number of hydrogen-bond donors (Lipinski definition) is 0. The molecule has 24 heavy (non-hydrogen) atoms. The predicted octanol–water partition coefficient (Wildman–Crippen LogP) is 4.93. The van der Waals surface area contributed by atoms with Gasteiger partial charge in [-0.25, -0.2) is 0 Å². The van der Waals surface area contributed by atoms with Crippen LogP contribution < -0.4 is 0 Å². The highest BCUT2D eigenvalue weighted by Crippen LogP contribution is 2.50. The Kier molecular flexibility index (Phi) is 5.42. The first-order valence-electron chi connectivity index (χ1n) is 7.92. The topological polar surface area (TPSA) is 44.8 Å². The second kappa shape index (κ2) is 7.54. The highest BCUT2D eigenvalue weighted by Gasteiger charge is 2.34. The molecule has 0 aliphatic carbocycles. The van der Waals surface area contributed by atoms with Crippen molar-refractivity contribution < 1.29 is 18.4 Å². The minimum Gasteiger partial charge on any atom is -0.312 e. The van der Waals surface area contributed by atoms with Gasteiger partial charge in [0, 0.05) is 11.0 Å². The average Bonchev–Trinajstić information content (AvgIpc) is 2.62. The van der Waals surface area contributed by atoms with E-state index in [1.54, 1.807) is 12.1 Å². The van der Waals surface area contributed by atoms with Gasteiger partial charge in [0.1, 0.15) is 0 Å². The zero-order valence-corrected chi connectivity index (χ0v) is 14.7. The minimum atomic E-state index is -1.54. The average molecular weight is 344 g/mol. The molecule has 1 aliphatic heterocycles. The van der Waals surface area contributed by atoms with Gasteiger partial charge in [-0.05, 0) is 5.56 Å². The molecule has 0 aromatic heterocycles. The molecule has 3 rings (SSSR count). The van der Waals surface area contributed by atoms with E-state index in [0.717, 1.165) is 5.56 Å². The molecule has 1 saturated heterocycles. The SMILES string of the molecule is CC1(C)COP(OC(C(=O)c2ccccc2)c2ccccc2)OC1. The number of Topliss-reactive ketones (excluding diaryl/α,β-unsaturated/α-hetero) is 1. The van der Waals surface area contributed by atoms with Crippen molar-refractivity contribution in [3.05, 3.63) is 71.8 Å². The van der Waals surface area contributed by atoms with Gasteiger partial charge in [0.25, 0.3) is 0 Å². The smallest absolute Gasteiger partial charge is 0.312 e. The molecule has 1 aliphatic rings. The molecule has 126 valence electrons. The van der Waals surface area contributed by atoms with Gasteiger partial charge in [-0.3, -0.25) is 9.32 Å². The maximum Gasteiger partial charge on any atom is 0.333 e. The van der Waals surface area contributed by atoms with E-state index in [-0.39, 0.29) is 11.2 Å². The van der Waals surface area contributed by atoms with Crippen molar-refractivity contribution in [1.82, 2.24) is 0 Å². The summed E-state index contributed by atoms with van der Waals surface area (Å²) in [5, 5.41) is 0. The molecular weight excluding hydrogens is 323 g/mol. The zero-order valence-electron chi connectivity index (χ0n) is 13.8. The predicted molar refractivity (Wildman–Crippen MR) is 93.6 cm³/mol. The maximum absolute atomic E-state index is 12.9. The summed E-state index contributed by atoms with van der Waals surface area (Å²) in [5.74, 6) is -0.0960. The van der Waals surface area contributed by atoms with Crippen LogP contribution in [0.4, 0.5) is 0 Å². The Balaban J connectivity index is 1.80. The van der Waals surface area contributed by atoms with Crippen molar-refractivity contribution in [2.75, 3.05) is 13.2 Å². The van der Waals surface area contributed by atoms with Crippen LogP contribution in [0.2, 0.25) is 0 Å². The molecule has 1 fully saturated rings. The third kappa shape index (κ3) is 4.28. The summed E-state index contributed by atoms with van der Waals surface area (Å²) in [6.45, 7) is 5.26. The Morgan fingerprint density at radius 1 is 1.00 bits per heavy atom. The maximum atomic E-state index is 12.9. The quantitative estimate of drug-likeness (QED) is 0.570. The lowest BCUT2D eigenvalue weighted by atomic mass is 9.97. The molecule has 0 spiro atoms. The molecule has 0 radical (unpaired) electrons. The molecule has 1 unspecified atom stereocenters. The summed E-state index contributed by atoms with van der Waals surface area (Å²) >= 11 is 0. The number of benzene rings is 2. The van der Waals surface area contributed by atoms with Crippen LogP contribution in [-0.2, 0) is 13.6 Å². The monoisotopic (exact) mass is 344 g/mol. The second-order valence-corrected chi connectivity index (χ2v) is 7.74. The fourth-order valence-corrected chi connectivity index (χ4v) is 3.82. The number of carbonyl (C=O) groups is 1. The van der Waals surface area contributed by atoms with Gasteiger partial charge in [-0.15, -0.1) is 0 Å². The number of carbonyl (C=O) groups excluding carboxylic acids is 1. The summed E-state index contributed by atoms with van der Waals surface area (Å²) in [6, 6.07) is 18.6. The first kappa shape index (κ1) is 17.2. The lowest BCUT2D eigenvalue weighted by Crippen LogP contribution is -2.29. The van der Waals surface area contributed by atoms with Crippen molar-refractivity contribution in [2.24, 2.45) is 5.41 Å². The molecule has 0 bridgehead atoms. The van der Waals surface area contributed by atoms with Gasteiger partial charge >= 0.3 is 8.60 Å². The summed E-state index contributed by atoms with van der Waals surface area (Å²) < 4.78 is 17.4. The number of hydrogen-bond acceptors (Lipinski definition) is 4. The Morgan fingerprint density at radius 2 is 1.54 bits per heavy atom. The van der Waals surface area contributed by atoms with Gasteiger partial charge in [0.2, 0.25) is 0 Å². The first-order valence-corrected chi connectivity index (χ1v) is 9.02. The number of rotatable bonds is 5. The van der Waals surface area contributed by atoms with Crippen LogP contribution in [0.3, 0.4) is 0 Å². The largest absolute Gasteiger partial charge is 0.333 e. The first-order chi connectivity index (χ1) is 11.6. The van der Waals surface area contributed by atoms with Crippen molar-refractivity contribution in [3.8, 4) is 0 Å². The Bertz CT molecular complexity index is 662. The molecule has 2 aromatic rings. The van der Waals surface area contributed by atoms with Crippen molar-refractivity contribution in [3.63, 3.8) is 0 Å². The second-order valence-electron chi connectivity index (χ2n) is 6.56. The van der Waals surface area contributed by atoms with E-state index in [1.165, 1.54) is 0 Å². The third-order valence-electron chi connectivity index (χ3n) is 3.71. The standard InChI is InChI=1S/C19H21O4P/c1-19(2)13-21-24(22-14-19)23-18(16-11-7-4-8-12-16)17(20)15-9-5-3-6-10-15/h3-12,18H,13-14H2,1-2H3. The Labute approximate surface area is 143 Å². The molecular formula is C19H21O4P. The summed E-state index contributed by atoms with van der Waals surface area (Å²) in [4.78, 5) is 12.9. The van der Waals surface area contributed by atoms with Gasteiger partial charge in [-0.1, -0.05) is 74.5 Å². The lowest BCUT2D eigenvalue weighted by molar-refractivity contribution is 0.0155. The van der Waals surface area contributed by atoms with E-state index in [0.29, 0.717) is 18.8 Å².